The number of nitrogens with zero attached hydrogens (tertiary/aromatic N) is 3. The van der Waals surface area contributed by atoms with E-state index in [0.29, 0.717) is 27.4 Å². The maximum atomic E-state index is 13.2. The van der Waals surface area contributed by atoms with Gasteiger partial charge in [0.1, 0.15) is 12.4 Å². The maximum Gasteiger partial charge on any atom is 0.329 e. The number of aromatic nitrogens is 2. The zero-order valence-electron chi connectivity index (χ0n) is 16.3. The second-order valence-electron chi connectivity index (χ2n) is 6.67. The first-order valence-electron chi connectivity index (χ1n) is 8.96. The quantitative estimate of drug-likeness (QED) is 0.577. The van der Waals surface area contributed by atoms with Gasteiger partial charge in [-0.25, -0.2) is 4.79 Å². The second-order valence-corrected chi connectivity index (χ2v) is 7.08. The van der Waals surface area contributed by atoms with Crippen LogP contribution in [0, 0.1) is 11.3 Å². The summed E-state index contributed by atoms with van der Waals surface area (Å²) < 4.78 is 13.4. The molecule has 29 heavy (non-hydrogen) atoms. The minimum absolute atomic E-state index is 0.0721. The molecule has 0 aliphatic heterocycles. The second kappa shape index (κ2) is 8.41. The van der Waals surface area contributed by atoms with E-state index in [1.165, 1.54) is 14.0 Å². The van der Waals surface area contributed by atoms with Crippen molar-refractivity contribution < 1.29 is 14.3 Å². The molecule has 0 radical (unpaired) electrons. The predicted octanol–water partition coefficient (Wildman–Crippen LogP) is 3.51. The minimum atomic E-state index is -0.409. The molecule has 1 atom stereocenters. The number of imidazole rings is 1. The van der Waals surface area contributed by atoms with Crippen molar-refractivity contribution in [3.05, 3.63) is 63.0 Å². The van der Waals surface area contributed by atoms with E-state index in [1.54, 1.807) is 46.4 Å². The number of nitriles is 1. The van der Waals surface area contributed by atoms with Crippen LogP contribution in [0.5, 0.6) is 5.75 Å². The molecule has 0 amide bonds. The van der Waals surface area contributed by atoms with Crippen molar-refractivity contribution in [1.29, 1.82) is 5.26 Å². The number of ether oxygens (including phenoxy) is 2. The highest BCUT2D eigenvalue weighted by Gasteiger charge is 2.19. The van der Waals surface area contributed by atoms with Crippen molar-refractivity contribution in [2.24, 2.45) is 0 Å². The number of methoxy groups -OCH3 is 1. The van der Waals surface area contributed by atoms with E-state index in [4.69, 9.17) is 21.1 Å². The van der Waals surface area contributed by atoms with Crippen LogP contribution in [0.2, 0.25) is 5.02 Å². The number of carbonyl (C=O) groups excluding carboxylic acids is 1. The Kier molecular flexibility index (Phi) is 5.95. The van der Waals surface area contributed by atoms with E-state index >= 15 is 0 Å². The van der Waals surface area contributed by atoms with Crippen molar-refractivity contribution >= 4 is 28.6 Å². The van der Waals surface area contributed by atoms with Gasteiger partial charge in [-0.2, -0.15) is 5.26 Å². The highest BCUT2D eigenvalue weighted by Crippen LogP contribution is 2.26. The average Bonchev–Trinajstić information content (AvgIpc) is 2.97. The summed E-state index contributed by atoms with van der Waals surface area (Å²) >= 11 is 6.22. The molecule has 0 aliphatic rings. The Labute approximate surface area is 172 Å². The number of hydrogen-bond acceptors (Lipinski definition) is 5. The van der Waals surface area contributed by atoms with Gasteiger partial charge in [-0.05, 0) is 42.8 Å². The van der Waals surface area contributed by atoms with E-state index in [9.17, 15) is 14.9 Å². The summed E-state index contributed by atoms with van der Waals surface area (Å²) in [5, 5.41) is 9.72. The zero-order chi connectivity index (χ0) is 21.1. The van der Waals surface area contributed by atoms with Gasteiger partial charge >= 0.3 is 11.7 Å². The van der Waals surface area contributed by atoms with Crippen LogP contribution in [0.4, 0.5) is 0 Å². The van der Waals surface area contributed by atoms with Gasteiger partial charge < -0.3 is 9.47 Å². The van der Waals surface area contributed by atoms with Crippen LogP contribution < -0.4 is 10.4 Å². The molecule has 0 N–H and O–H groups in total. The van der Waals surface area contributed by atoms with Crippen molar-refractivity contribution in [3.63, 3.8) is 0 Å². The summed E-state index contributed by atoms with van der Waals surface area (Å²) in [5.74, 6) is 0.139. The Balaban J connectivity index is 2.11. The molecule has 0 unspecified atom stereocenters. The topological polar surface area (TPSA) is 86.2 Å². The number of rotatable bonds is 6. The normalized spacial score (nSPS) is 11.8. The zero-order valence-corrected chi connectivity index (χ0v) is 17.1. The lowest BCUT2D eigenvalue weighted by atomic mass is 10.2. The van der Waals surface area contributed by atoms with Crippen LogP contribution >= 0.6 is 11.6 Å². The SMILES string of the molecule is COc1ccc(Cn2c(=O)n([C@@H](C)COC(C)=O)c3ccc(C#N)cc32)cc1Cl. The summed E-state index contributed by atoms with van der Waals surface area (Å²) in [4.78, 5) is 24.4. The summed E-state index contributed by atoms with van der Waals surface area (Å²) in [6.45, 7) is 3.46. The Morgan fingerprint density at radius 2 is 2.00 bits per heavy atom. The number of benzene rings is 2. The standard InChI is InChI=1S/C21H20ClN3O4/c1-13(12-29-14(2)26)25-18-6-4-15(10-23)9-19(18)24(21(25)27)11-16-5-7-20(28-3)17(22)8-16/h4-9,13H,11-12H2,1-3H3/t13-/m0/s1. The third kappa shape index (κ3) is 4.13. The van der Waals surface area contributed by atoms with Gasteiger partial charge in [0.15, 0.2) is 0 Å². The van der Waals surface area contributed by atoms with E-state index in [0.717, 1.165) is 5.56 Å². The fourth-order valence-electron chi connectivity index (χ4n) is 3.23. The Morgan fingerprint density at radius 1 is 1.24 bits per heavy atom. The first-order valence-corrected chi connectivity index (χ1v) is 9.34. The van der Waals surface area contributed by atoms with Crippen molar-refractivity contribution in [3.8, 4) is 11.8 Å². The fraction of sp³-hybridized carbons (Fsp3) is 0.286. The molecular formula is C21H20ClN3O4. The third-order valence-corrected chi connectivity index (χ3v) is 4.91. The monoisotopic (exact) mass is 413 g/mol. The molecule has 3 rings (SSSR count). The largest absolute Gasteiger partial charge is 0.495 e. The van der Waals surface area contributed by atoms with Gasteiger partial charge in [-0.3, -0.25) is 13.9 Å². The van der Waals surface area contributed by atoms with E-state index in [2.05, 4.69) is 6.07 Å². The lowest BCUT2D eigenvalue weighted by Gasteiger charge is -2.13. The summed E-state index contributed by atoms with van der Waals surface area (Å²) in [7, 11) is 1.53. The molecule has 0 fully saturated rings. The van der Waals surface area contributed by atoms with Gasteiger partial charge in [0.2, 0.25) is 0 Å². The van der Waals surface area contributed by atoms with E-state index in [-0.39, 0.29) is 24.9 Å². The van der Waals surface area contributed by atoms with Crippen LogP contribution in [0.15, 0.2) is 41.2 Å². The average molecular weight is 414 g/mol. The van der Waals surface area contributed by atoms with Gasteiger partial charge in [0, 0.05) is 6.92 Å². The van der Waals surface area contributed by atoms with E-state index < -0.39 is 5.97 Å². The van der Waals surface area contributed by atoms with Gasteiger partial charge in [-0.15, -0.1) is 0 Å². The summed E-state index contributed by atoms with van der Waals surface area (Å²) in [5.41, 5.74) is 2.28. The number of fused-ring (bicyclic) bond motifs is 1. The first kappa shape index (κ1) is 20.5. The maximum absolute atomic E-state index is 13.2. The van der Waals surface area contributed by atoms with Gasteiger partial charge in [0.05, 0.1) is 47.4 Å². The van der Waals surface area contributed by atoms with Gasteiger partial charge in [-0.1, -0.05) is 17.7 Å². The molecular weight excluding hydrogens is 394 g/mol. The lowest BCUT2D eigenvalue weighted by molar-refractivity contribution is -0.141. The smallest absolute Gasteiger partial charge is 0.329 e. The van der Waals surface area contributed by atoms with Crippen molar-refractivity contribution in [2.75, 3.05) is 13.7 Å². The van der Waals surface area contributed by atoms with Crippen LogP contribution in [-0.2, 0) is 16.1 Å². The van der Waals surface area contributed by atoms with Crippen LogP contribution in [0.3, 0.4) is 0 Å². The number of halogens is 1. The Bertz CT molecular complexity index is 1170. The molecule has 2 aromatic carbocycles. The van der Waals surface area contributed by atoms with Crippen LogP contribution in [0.1, 0.15) is 31.0 Å². The Hall–Kier alpha value is -3.24. The molecule has 0 spiro atoms. The molecule has 1 heterocycles. The fourth-order valence-corrected chi connectivity index (χ4v) is 3.51. The summed E-state index contributed by atoms with van der Waals surface area (Å²) in [6, 6.07) is 12.1. The molecule has 7 nitrogen and oxygen atoms in total. The molecule has 0 bridgehead atoms. The van der Waals surface area contributed by atoms with Gasteiger partial charge in [0.25, 0.3) is 0 Å². The van der Waals surface area contributed by atoms with Crippen LogP contribution in [0.25, 0.3) is 11.0 Å². The minimum Gasteiger partial charge on any atom is -0.495 e. The number of esters is 1. The lowest BCUT2D eigenvalue weighted by Crippen LogP contribution is -2.29. The molecule has 8 heteroatoms. The Morgan fingerprint density at radius 3 is 2.62 bits per heavy atom. The van der Waals surface area contributed by atoms with Crippen molar-refractivity contribution in [1.82, 2.24) is 9.13 Å². The molecule has 0 aliphatic carbocycles. The highest BCUT2D eigenvalue weighted by molar-refractivity contribution is 6.32. The third-order valence-electron chi connectivity index (χ3n) is 4.62. The molecule has 0 saturated carbocycles. The molecule has 150 valence electrons. The van der Waals surface area contributed by atoms with Crippen molar-refractivity contribution in [2.45, 2.75) is 26.4 Å². The summed E-state index contributed by atoms with van der Waals surface area (Å²) in [6.07, 6.45) is 0. The van der Waals surface area contributed by atoms with E-state index in [1.807, 2.05) is 6.07 Å². The number of hydrogen-bond donors (Lipinski definition) is 0. The number of carbonyl (C=O) groups is 1. The molecule has 1 aromatic heterocycles. The van der Waals surface area contributed by atoms with Crippen LogP contribution in [-0.4, -0.2) is 28.8 Å². The highest BCUT2D eigenvalue weighted by atomic mass is 35.5. The molecule has 3 aromatic rings. The molecule has 0 saturated heterocycles. The first-order chi connectivity index (χ1) is 13.8. The predicted molar refractivity (Wildman–Crippen MR) is 109 cm³/mol.